The van der Waals surface area contributed by atoms with Gasteiger partial charge in [-0.1, -0.05) is 30.3 Å². The molecule has 6 heteroatoms. The summed E-state index contributed by atoms with van der Waals surface area (Å²) >= 11 is 0. The van der Waals surface area contributed by atoms with Crippen LogP contribution < -0.4 is 10.6 Å². The van der Waals surface area contributed by atoms with Crippen molar-refractivity contribution < 1.29 is 18.7 Å². The van der Waals surface area contributed by atoms with Gasteiger partial charge in [0.2, 0.25) is 5.91 Å². The Kier molecular flexibility index (Phi) is 6.09. The number of hydrogen-bond donors (Lipinski definition) is 2. The molecule has 0 spiro atoms. The van der Waals surface area contributed by atoms with E-state index in [2.05, 4.69) is 10.6 Å². The van der Waals surface area contributed by atoms with Gasteiger partial charge in [0, 0.05) is 6.42 Å². The van der Waals surface area contributed by atoms with Crippen LogP contribution in [0.15, 0.2) is 65.5 Å². The maximum atomic E-state index is 12.7. The third-order valence-electron chi connectivity index (χ3n) is 4.18. The van der Waals surface area contributed by atoms with Crippen LogP contribution in [0.3, 0.4) is 0 Å². The fourth-order valence-corrected chi connectivity index (χ4v) is 2.77. The molecule has 1 aliphatic heterocycles. The van der Waals surface area contributed by atoms with Crippen LogP contribution in [0.4, 0.5) is 0 Å². The second-order valence-corrected chi connectivity index (χ2v) is 6.15. The second-order valence-electron chi connectivity index (χ2n) is 6.15. The van der Waals surface area contributed by atoms with Gasteiger partial charge in [0.25, 0.3) is 5.91 Å². The van der Waals surface area contributed by atoms with E-state index in [0.717, 1.165) is 18.4 Å². The molecule has 1 aromatic carbocycles. The molecule has 1 aromatic heterocycles. The van der Waals surface area contributed by atoms with Crippen LogP contribution in [0.5, 0.6) is 0 Å². The normalized spacial score (nSPS) is 17.2. The van der Waals surface area contributed by atoms with Gasteiger partial charge in [-0.3, -0.25) is 9.59 Å². The molecule has 0 bridgehead atoms. The number of allylic oxidation sites excluding steroid dienone is 1. The Bertz CT molecular complexity index is 740. The van der Waals surface area contributed by atoms with E-state index in [9.17, 15) is 9.59 Å². The van der Waals surface area contributed by atoms with Gasteiger partial charge in [-0.25, -0.2) is 0 Å². The van der Waals surface area contributed by atoms with Crippen molar-refractivity contribution in [2.24, 2.45) is 0 Å². The molecule has 2 amide bonds. The lowest BCUT2D eigenvalue weighted by Gasteiger charge is -2.22. The average Bonchev–Trinajstić information content (AvgIpc) is 3.22. The van der Waals surface area contributed by atoms with Crippen LogP contribution in [-0.2, 0) is 16.0 Å². The molecular weight excluding hydrogens is 332 g/mol. The number of rotatable bonds is 7. The van der Waals surface area contributed by atoms with Gasteiger partial charge in [0.1, 0.15) is 12.1 Å². The van der Waals surface area contributed by atoms with Crippen LogP contribution in [0.2, 0.25) is 0 Å². The van der Waals surface area contributed by atoms with Gasteiger partial charge in [0.05, 0.1) is 19.1 Å². The number of carbonyl (C=O) groups excluding carboxylic acids is 2. The van der Waals surface area contributed by atoms with Gasteiger partial charge < -0.3 is 19.8 Å². The first-order valence-electron chi connectivity index (χ1n) is 8.69. The molecule has 26 heavy (non-hydrogen) atoms. The summed E-state index contributed by atoms with van der Waals surface area (Å²) in [5.74, 6) is -0.480. The number of amides is 2. The van der Waals surface area contributed by atoms with Crippen LogP contribution in [0, 0.1) is 0 Å². The Hall–Kier alpha value is -3.02. The molecule has 6 nitrogen and oxygen atoms in total. The van der Waals surface area contributed by atoms with E-state index >= 15 is 0 Å². The molecule has 0 aliphatic carbocycles. The van der Waals surface area contributed by atoms with Crippen LogP contribution >= 0.6 is 0 Å². The molecule has 2 heterocycles. The molecule has 2 aromatic rings. The highest BCUT2D eigenvalue weighted by Gasteiger charge is 2.24. The zero-order valence-corrected chi connectivity index (χ0v) is 14.4. The molecule has 2 atom stereocenters. The van der Waals surface area contributed by atoms with Crippen LogP contribution in [0.1, 0.15) is 29.0 Å². The van der Waals surface area contributed by atoms with Crippen molar-refractivity contribution in [3.63, 3.8) is 0 Å². The fourth-order valence-electron chi connectivity index (χ4n) is 2.77. The molecule has 3 rings (SSSR count). The van der Waals surface area contributed by atoms with E-state index in [4.69, 9.17) is 9.15 Å². The second kappa shape index (κ2) is 8.89. The van der Waals surface area contributed by atoms with E-state index in [1.165, 1.54) is 6.26 Å². The highest BCUT2D eigenvalue weighted by molar-refractivity contribution is 5.95. The number of furan rings is 1. The van der Waals surface area contributed by atoms with Crippen LogP contribution in [0.25, 0.3) is 0 Å². The predicted molar refractivity (Wildman–Crippen MR) is 96.4 cm³/mol. The summed E-state index contributed by atoms with van der Waals surface area (Å²) in [5.41, 5.74) is 0.962. The number of benzene rings is 1. The molecule has 0 fully saturated rings. The molecule has 0 unspecified atom stereocenters. The monoisotopic (exact) mass is 354 g/mol. The lowest BCUT2D eigenvalue weighted by molar-refractivity contribution is -0.123. The highest BCUT2D eigenvalue weighted by atomic mass is 16.5. The van der Waals surface area contributed by atoms with Crippen LogP contribution in [-0.4, -0.2) is 30.5 Å². The third-order valence-corrected chi connectivity index (χ3v) is 4.18. The van der Waals surface area contributed by atoms with E-state index in [1.54, 1.807) is 18.4 Å². The number of carbonyl (C=O) groups is 2. The number of hydrogen-bond acceptors (Lipinski definition) is 4. The quantitative estimate of drug-likeness (QED) is 0.800. The van der Waals surface area contributed by atoms with Gasteiger partial charge in [-0.15, -0.1) is 0 Å². The van der Waals surface area contributed by atoms with Gasteiger partial charge in [-0.05, 0) is 36.6 Å². The van der Waals surface area contributed by atoms with Crippen molar-refractivity contribution in [2.45, 2.75) is 31.4 Å². The zero-order chi connectivity index (χ0) is 18.2. The van der Waals surface area contributed by atoms with Crippen molar-refractivity contribution in [2.75, 3.05) is 6.54 Å². The highest BCUT2D eigenvalue weighted by Crippen LogP contribution is 2.10. The van der Waals surface area contributed by atoms with Crippen molar-refractivity contribution in [3.05, 3.63) is 72.4 Å². The third kappa shape index (κ3) is 4.99. The molecule has 0 saturated carbocycles. The van der Waals surface area contributed by atoms with Crippen molar-refractivity contribution in [1.82, 2.24) is 10.6 Å². The minimum Gasteiger partial charge on any atom is -0.497 e. The summed E-state index contributed by atoms with van der Waals surface area (Å²) in [6.45, 7) is 0.408. The van der Waals surface area contributed by atoms with E-state index in [-0.39, 0.29) is 17.8 Å². The van der Waals surface area contributed by atoms with Crippen molar-refractivity contribution in [3.8, 4) is 0 Å². The first-order valence-corrected chi connectivity index (χ1v) is 8.69. The van der Waals surface area contributed by atoms with Gasteiger partial charge in [-0.2, -0.15) is 0 Å². The largest absolute Gasteiger partial charge is 0.497 e. The first kappa shape index (κ1) is 17.8. The minimum absolute atomic E-state index is 0.0397. The van der Waals surface area contributed by atoms with Crippen molar-refractivity contribution in [1.29, 1.82) is 0 Å². The summed E-state index contributed by atoms with van der Waals surface area (Å²) in [7, 11) is 0. The molecule has 1 aliphatic rings. The molecule has 2 N–H and O–H groups in total. The SMILES string of the molecule is O=C(N[C@H](Cc1ccccc1)C(=O)NC[C@H]1CCC=CO1)c1ccco1. The standard InChI is InChI=1S/C20H22N2O4/c23-19(21-14-16-9-4-5-11-25-16)17(13-15-7-2-1-3-8-15)22-20(24)18-10-6-12-26-18/h1-3,5-8,10-12,16-17H,4,9,13-14H2,(H,21,23)(H,22,24)/t16-,17-/m1/s1. The average molecular weight is 354 g/mol. The summed E-state index contributed by atoms with van der Waals surface area (Å²) in [4.78, 5) is 25.0. The Labute approximate surface area is 152 Å². The molecular formula is C20H22N2O4. The Balaban J connectivity index is 1.63. The smallest absolute Gasteiger partial charge is 0.287 e. The maximum Gasteiger partial charge on any atom is 0.287 e. The maximum absolute atomic E-state index is 12.7. The van der Waals surface area contributed by atoms with E-state index in [0.29, 0.717) is 13.0 Å². The Morgan fingerprint density at radius 3 is 2.69 bits per heavy atom. The molecule has 136 valence electrons. The van der Waals surface area contributed by atoms with Crippen molar-refractivity contribution >= 4 is 11.8 Å². The summed E-state index contributed by atoms with van der Waals surface area (Å²) < 4.78 is 10.6. The fraction of sp³-hybridized carbons (Fsp3) is 0.300. The number of ether oxygens (including phenoxy) is 1. The lowest BCUT2D eigenvalue weighted by Crippen LogP contribution is -2.49. The Morgan fingerprint density at radius 1 is 1.15 bits per heavy atom. The van der Waals surface area contributed by atoms with E-state index in [1.807, 2.05) is 36.4 Å². The molecule has 0 saturated heterocycles. The summed E-state index contributed by atoms with van der Waals surface area (Å²) in [5, 5.41) is 5.64. The summed E-state index contributed by atoms with van der Waals surface area (Å²) in [6.07, 6.45) is 7.20. The number of nitrogens with one attached hydrogen (secondary N) is 2. The predicted octanol–water partition coefficient (Wildman–Crippen LogP) is 2.43. The van der Waals surface area contributed by atoms with E-state index < -0.39 is 11.9 Å². The van der Waals surface area contributed by atoms with Gasteiger partial charge in [0.15, 0.2) is 5.76 Å². The minimum atomic E-state index is -0.700. The van der Waals surface area contributed by atoms with Gasteiger partial charge >= 0.3 is 0 Å². The lowest BCUT2D eigenvalue weighted by atomic mass is 10.0. The summed E-state index contributed by atoms with van der Waals surface area (Å²) in [6, 6.07) is 12.1. The Morgan fingerprint density at radius 2 is 2.00 bits per heavy atom. The first-order chi connectivity index (χ1) is 12.7. The topological polar surface area (TPSA) is 80.6 Å². The zero-order valence-electron chi connectivity index (χ0n) is 14.4. The molecule has 0 radical (unpaired) electrons.